The van der Waals surface area contributed by atoms with Gasteiger partial charge in [-0.15, -0.1) is 0 Å². The number of hydrogen-bond acceptors (Lipinski definition) is 4. The summed E-state index contributed by atoms with van der Waals surface area (Å²) in [5.41, 5.74) is 3.65. The average molecular weight is 437 g/mol. The van der Waals surface area contributed by atoms with Crippen molar-refractivity contribution in [2.75, 3.05) is 26.3 Å². The van der Waals surface area contributed by atoms with Gasteiger partial charge < -0.3 is 9.30 Å². The molecule has 0 unspecified atom stereocenters. The Morgan fingerprint density at radius 1 is 1.00 bits per heavy atom. The number of rotatable bonds is 5. The molecule has 0 radical (unpaired) electrons. The molecule has 0 amide bonds. The van der Waals surface area contributed by atoms with Crippen LogP contribution < -0.4 is 11.1 Å². The van der Waals surface area contributed by atoms with Crippen molar-refractivity contribution in [2.45, 2.75) is 58.2 Å². The van der Waals surface area contributed by atoms with Crippen LogP contribution in [0.3, 0.4) is 0 Å². The van der Waals surface area contributed by atoms with Gasteiger partial charge in [0.2, 0.25) is 0 Å². The van der Waals surface area contributed by atoms with Gasteiger partial charge in [0.1, 0.15) is 0 Å². The summed E-state index contributed by atoms with van der Waals surface area (Å²) in [5, 5.41) is 3.88. The third kappa shape index (κ3) is 4.07. The quantitative estimate of drug-likeness (QED) is 0.667. The number of H-pyrrole nitrogens is 1. The summed E-state index contributed by atoms with van der Waals surface area (Å²) < 4.78 is 8.99. The number of benzene rings is 1. The number of pyridine rings is 1. The van der Waals surface area contributed by atoms with Crippen LogP contribution in [0.2, 0.25) is 0 Å². The average Bonchev–Trinajstić information content (AvgIpc) is 3.15. The maximum Gasteiger partial charge on any atom is 0.276 e. The second kappa shape index (κ2) is 9.08. The molecule has 3 heterocycles. The second-order valence-corrected chi connectivity index (χ2v) is 9.18. The largest absolute Gasteiger partial charge is 0.379 e. The Bertz CT molecular complexity index is 1210. The molecular weight excluding hydrogens is 404 g/mol. The fraction of sp³-hybridized carbons (Fsp3) is 0.520. The molecule has 7 nitrogen and oxygen atoms in total. The Morgan fingerprint density at radius 3 is 2.41 bits per heavy atom. The molecule has 7 heteroatoms. The smallest absolute Gasteiger partial charge is 0.276 e. The minimum atomic E-state index is -0.0757. The van der Waals surface area contributed by atoms with Crippen molar-refractivity contribution in [3.05, 3.63) is 67.9 Å². The third-order valence-electron chi connectivity index (χ3n) is 7.13. The topological polar surface area (TPSA) is 72.3 Å². The molecule has 0 bridgehead atoms. The first-order chi connectivity index (χ1) is 15.6. The highest BCUT2D eigenvalue weighted by Gasteiger charge is 2.22. The number of aromatic amines is 1. The molecule has 2 fully saturated rings. The van der Waals surface area contributed by atoms with Crippen molar-refractivity contribution in [1.29, 1.82) is 0 Å². The van der Waals surface area contributed by atoms with E-state index in [-0.39, 0.29) is 17.2 Å². The van der Waals surface area contributed by atoms with E-state index in [0.717, 1.165) is 69.8 Å². The van der Waals surface area contributed by atoms with E-state index in [2.05, 4.69) is 22.1 Å². The van der Waals surface area contributed by atoms with Crippen LogP contribution >= 0.6 is 0 Å². The van der Waals surface area contributed by atoms with Crippen molar-refractivity contribution in [3.8, 4) is 0 Å². The van der Waals surface area contributed by atoms with Crippen molar-refractivity contribution in [1.82, 2.24) is 19.2 Å². The zero-order chi connectivity index (χ0) is 22.1. The van der Waals surface area contributed by atoms with E-state index < -0.39 is 0 Å². The molecule has 1 saturated carbocycles. The van der Waals surface area contributed by atoms with Crippen LogP contribution in [0.1, 0.15) is 55.0 Å². The van der Waals surface area contributed by atoms with Crippen LogP contribution in [-0.4, -0.2) is 45.6 Å². The van der Waals surface area contributed by atoms with E-state index in [1.807, 2.05) is 19.1 Å². The van der Waals surface area contributed by atoms with Gasteiger partial charge in [-0.05, 0) is 30.9 Å². The number of hydrogen-bond donors (Lipinski definition) is 1. The maximum absolute atomic E-state index is 13.3. The minimum absolute atomic E-state index is 0.000230. The van der Waals surface area contributed by atoms with Crippen LogP contribution in [0.15, 0.2) is 39.9 Å². The van der Waals surface area contributed by atoms with Gasteiger partial charge in [0.25, 0.3) is 11.1 Å². The van der Waals surface area contributed by atoms with Gasteiger partial charge in [0.15, 0.2) is 0 Å². The zero-order valence-electron chi connectivity index (χ0n) is 18.8. The van der Waals surface area contributed by atoms with E-state index in [9.17, 15) is 9.59 Å². The Morgan fingerprint density at radius 2 is 1.69 bits per heavy atom. The molecular formula is C25H32N4O3. The normalized spacial score (nSPS) is 18.4. The summed E-state index contributed by atoms with van der Waals surface area (Å²) >= 11 is 0. The van der Waals surface area contributed by atoms with Gasteiger partial charge in [-0.1, -0.05) is 43.5 Å². The van der Waals surface area contributed by atoms with Crippen LogP contribution in [0.5, 0.6) is 0 Å². The number of aromatic nitrogens is 3. The second-order valence-electron chi connectivity index (χ2n) is 9.18. The van der Waals surface area contributed by atoms with E-state index >= 15 is 0 Å². The molecule has 1 aliphatic heterocycles. The zero-order valence-corrected chi connectivity index (χ0v) is 18.8. The molecule has 2 aromatic heterocycles. The molecule has 170 valence electrons. The van der Waals surface area contributed by atoms with Crippen molar-refractivity contribution < 1.29 is 4.74 Å². The first-order valence-electron chi connectivity index (χ1n) is 11.8. The van der Waals surface area contributed by atoms with E-state index in [4.69, 9.17) is 4.74 Å². The summed E-state index contributed by atoms with van der Waals surface area (Å²) in [4.78, 5) is 28.7. The van der Waals surface area contributed by atoms with E-state index in [1.165, 1.54) is 12.0 Å². The maximum atomic E-state index is 13.3. The van der Waals surface area contributed by atoms with Crippen LogP contribution in [-0.2, 0) is 17.8 Å². The fourth-order valence-corrected chi connectivity index (χ4v) is 5.26. The van der Waals surface area contributed by atoms with Gasteiger partial charge in [0.05, 0.1) is 36.7 Å². The summed E-state index contributed by atoms with van der Waals surface area (Å²) in [6.07, 6.45) is 5.57. The number of nitrogens with zero attached hydrogens (tertiary/aromatic N) is 3. The first kappa shape index (κ1) is 21.2. The van der Waals surface area contributed by atoms with Crippen molar-refractivity contribution in [3.63, 3.8) is 0 Å². The van der Waals surface area contributed by atoms with Gasteiger partial charge in [-0.3, -0.25) is 19.6 Å². The van der Waals surface area contributed by atoms with Crippen molar-refractivity contribution in [2.24, 2.45) is 0 Å². The summed E-state index contributed by atoms with van der Waals surface area (Å²) in [5.74, 6) is 0. The highest BCUT2D eigenvalue weighted by molar-refractivity contribution is 5.80. The Hall–Kier alpha value is -2.64. The fourth-order valence-electron chi connectivity index (χ4n) is 5.26. The molecule has 1 N–H and O–H groups in total. The predicted octanol–water partition coefficient (Wildman–Crippen LogP) is 3.19. The van der Waals surface area contributed by atoms with Crippen molar-refractivity contribution >= 4 is 10.9 Å². The molecule has 0 atom stereocenters. The Labute approximate surface area is 187 Å². The predicted molar refractivity (Wildman–Crippen MR) is 125 cm³/mol. The molecule has 2 aliphatic rings. The molecule has 5 rings (SSSR count). The standard InChI is InChI=1S/C25H32N4O3/c1-18-24-22(26-29(25(24)31)21-9-3-2-4-10-21)15-23(30)28(18)17-20-8-6-5-7-19(20)16-27-11-13-32-14-12-27/h5-8,15,21,26H,2-4,9-14,16-17H2,1H3. The van der Waals surface area contributed by atoms with E-state index in [0.29, 0.717) is 17.4 Å². The van der Waals surface area contributed by atoms with Crippen LogP contribution in [0, 0.1) is 6.92 Å². The number of fused-ring (bicyclic) bond motifs is 1. The lowest BCUT2D eigenvalue weighted by atomic mass is 9.96. The SMILES string of the molecule is Cc1c2c(=O)n(C3CCCCC3)[nH]c2cc(=O)n1Cc1ccccc1CN1CCOCC1. The molecule has 1 aromatic carbocycles. The summed E-state index contributed by atoms with van der Waals surface area (Å²) in [6.45, 7) is 6.57. The lowest BCUT2D eigenvalue weighted by Gasteiger charge is -2.27. The monoisotopic (exact) mass is 436 g/mol. The first-order valence-corrected chi connectivity index (χ1v) is 11.8. The lowest BCUT2D eigenvalue weighted by Crippen LogP contribution is -2.36. The highest BCUT2D eigenvalue weighted by Crippen LogP contribution is 2.27. The van der Waals surface area contributed by atoms with E-state index in [1.54, 1.807) is 15.3 Å². The molecule has 3 aromatic rings. The summed E-state index contributed by atoms with van der Waals surface area (Å²) in [7, 11) is 0. The number of morpholine rings is 1. The number of aryl methyl sites for hydroxylation is 1. The number of nitrogens with one attached hydrogen (secondary N) is 1. The third-order valence-corrected chi connectivity index (χ3v) is 7.13. The highest BCUT2D eigenvalue weighted by atomic mass is 16.5. The van der Waals surface area contributed by atoms with Gasteiger partial charge in [-0.25, -0.2) is 4.68 Å². The molecule has 1 saturated heterocycles. The van der Waals surface area contributed by atoms with Gasteiger partial charge in [-0.2, -0.15) is 0 Å². The molecule has 1 aliphatic carbocycles. The number of ether oxygens (including phenoxy) is 1. The van der Waals surface area contributed by atoms with Crippen LogP contribution in [0.4, 0.5) is 0 Å². The Kier molecular flexibility index (Phi) is 6.02. The minimum Gasteiger partial charge on any atom is -0.379 e. The van der Waals surface area contributed by atoms with Gasteiger partial charge in [0, 0.05) is 31.4 Å². The summed E-state index contributed by atoms with van der Waals surface area (Å²) in [6, 6.07) is 10.1. The van der Waals surface area contributed by atoms with Crippen LogP contribution in [0.25, 0.3) is 10.9 Å². The molecule has 32 heavy (non-hydrogen) atoms. The Balaban J connectivity index is 1.49. The lowest BCUT2D eigenvalue weighted by molar-refractivity contribution is 0.0340. The molecule has 0 spiro atoms. The van der Waals surface area contributed by atoms with Gasteiger partial charge >= 0.3 is 0 Å².